The highest BCUT2D eigenvalue weighted by Crippen LogP contribution is 2.37. The predicted molar refractivity (Wildman–Crippen MR) is 68.3 cm³/mol. The highest BCUT2D eigenvalue weighted by atomic mass is 35.5. The van der Waals surface area contributed by atoms with Crippen LogP contribution in [0.25, 0.3) is 10.2 Å². The summed E-state index contributed by atoms with van der Waals surface area (Å²) in [6.07, 6.45) is 5.12. The smallest absolute Gasteiger partial charge is 0.147 e. The molecule has 0 radical (unpaired) electrons. The molecule has 0 bridgehead atoms. The van der Waals surface area contributed by atoms with Crippen molar-refractivity contribution < 1.29 is 0 Å². The van der Waals surface area contributed by atoms with Crippen LogP contribution in [-0.2, 0) is 0 Å². The van der Waals surface area contributed by atoms with Crippen molar-refractivity contribution in [3.8, 4) is 0 Å². The van der Waals surface area contributed by atoms with Crippen LogP contribution in [0.5, 0.6) is 0 Å². The third kappa shape index (κ3) is 1.57. The van der Waals surface area contributed by atoms with Gasteiger partial charge in [-0.05, 0) is 30.7 Å². The van der Waals surface area contributed by atoms with Gasteiger partial charge in [0.05, 0.1) is 15.8 Å². The van der Waals surface area contributed by atoms with E-state index in [4.69, 9.17) is 11.6 Å². The molecule has 0 amide bonds. The third-order valence-electron chi connectivity index (χ3n) is 3.19. The predicted octanol–water partition coefficient (Wildman–Crippen LogP) is 3.26. The molecule has 0 atom stereocenters. The SMILES string of the molecule is ClCC1(Nc2ncnc3ccsc23)CCC1. The van der Waals surface area contributed by atoms with Crippen molar-refractivity contribution in [1.82, 2.24) is 9.97 Å². The Labute approximate surface area is 103 Å². The molecule has 1 N–H and O–H groups in total. The fourth-order valence-corrected chi connectivity index (χ4v) is 3.15. The second-order valence-corrected chi connectivity index (χ2v) is 5.43. The molecule has 1 aliphatic rings. The number of anilines is 1. The number of alkyl halides is 1. The van der Waals surface area contributed by atoms with Crippen molar-refractivity contribution in [1.29, 1.82) is 0 Å². The number of nitrogens with zero attached hydrogens (tertiary/aromatic N) is 2. The van der Waals surface area contributed by atoms with Gasteiger partial charge in [-0.15, -0.1) is 22.9 Å². The van der Waals surface area contributed by atoms with E-state index in [-0.39, 0.29) is 5.54 Å². The molecule has 84 valence electrons. The first-order chi connectivity index (χ1) is 7.83. The van der Waals surface area contributed by atoms with Crippen LogP contribution in [0.3, 0.4) is 0 Å². The van der Waals surface area contributed by atoms with Crippen molar-refractivity contribution >= 4 is 39.0 Å². The van der Waals surface area contributed by atoms with E-state index in [9.17, 15) is 0 Å². The molecule has 3 nitrogen and oxygen atoms in total. The standard InChI is InChI=1S/C11H12ClN3S/c12-6-11(3-1-4-11)15-10-9-8(2-5-16-9)13-7-14-10/h2,5,7H,1,3-4,6H2,(H,13,14,15). The molecule has 16 heavy (non-hydrogen) atoms. The molecule has 5 heteroatoms. The molecule has 2 aromatic rings. The fourth-order valence-electron chi connectivity index (χ4n) is 2.02. The van der Waals surface area contributed by atoms with E-state index < -0.39 is 0 Å². The lowest BCUT2D eigenvalue weighted by molar-refractivity contribution is 0.310. The normalized spacial score (nSPS) is 18.3. The van der Waals surface area contributed by atoms with Crippen molar-refractivity contribution in [2.45, 2.75) is 24.8 Å². The zero-order valence-electron chi connectivity index (χ0n) is 8.74. The third-order valence-corrected chi connectivity index (χ3v) is 4.62. The molecule has 0 spiro atoms. The van der Waals surface area contributed by atoms with Crippen LogP contribution < -0.4 is 5.32 Å². The maximum absolute atomic E-state index is 6.03. The quantitative estimate of drug-likeness (QED) is 0.854. The Morgan fingerprint density at radius 3 is 3.00 bits per heavy atom. The van der Waals surface area contributed by atoms with Gasteiger partial charge in [-0.2, -0.15) is 0 Å². The van der Waals surface area contributed by atoms with Crippen molar-refractivity contribution in [3.05, 3.63) is 17.8 Å². The first kappa shape index (κ1) is 10.3. The summed E-state index contributed by atoms with van der Waals surface area (Å²) >= 11 is 7.70. The number of rotatable bonds is 3. The number of thiophene rings is 1. The summed E-state index contributed by atoms with van der Waals surface area (Å²) in [5, 5.41) is 5.54. The van der Waals surface area contributed by atoms with Crippen molar-refractivity contribution in [2.24, 2.45) is 0 Å². The number of aromatic nitrogens is 2. The molecule has 3 rings (SSSR count). The monoisotopic (exact) mass is 253 g/mol. The summed E-state index contributed by atoms with van der Waals surface area (Å²) in [5.74, 6) is 1.57. The molecule has 0 aliphatic heterocycles. The van der Waals surface area contributed by atoms with Crippen molar-refractivity contribution in [3.63, 3.8) is 0 Å². The van der Waals surface area contributed by atoms with E-state index in [1.807, 2.05) is 11.4 Å². The minimum absolute atomic E-state index is 0.0623. The summed E-state index contributed by atoms with van der Waals surface area (Å²) in [6.45, 7) is 0. The zero-order valence-corrected chi connectivity index (χ0v) is 10.3. The Morgan fingerprint density at radius 1 is 1.44 bits per heavy atom. The van der Waals surface area contributed by atoms with Gasteiger partial charge in [-0.1, -0.05) is 0 Å². The molecular formula is C11H12ClN3S. The Kier molecular flexibility index (Phi) is 2.48. The summed E-state index contributed by atoms with van der Waals surface area (Å²) in [7, 11) is 0. The van der Waals surface area contributed by atoms with Crippen molar-refractivity contribution in [2.75, 3.05) is 11.2 Å². The van der Waals surface area contributed by atoms with Crippen LogP contribution in [0.15, 0.2) is 17.8 Å². The number of hydrogen-bond acceptors (Lipinski definition) is 4. The topological polar surface area (TPSA) is 37.8 Å². The average molecular weight is 254 g/mol. The van der Waals surface area contributed by atoms with E-state index in [0.29, 0.717) is 5.88 Å². The van der Waals surface area contributed by atoms with Crippen LogP contribution in [-0.4, -0.2) is 21.4 Å². The first-order valence-corrected chi connectivity index (χ1v) is 6.77. The van der Waals surface area contributed by atoms with Crippen LogP contribution in [0.1, 0.15) is 19.3 Å². The second kappa shape index (κ2) is 3.86. The van der Waals surface area contributed by atoms with Crippen LogP contribution in [0, 0.1) is 0 Å². The highest BCUT2D eigenvalue weighted by Gasteiger charge is 2.36. The lowest BCUT2D eigenvalue weighted by atomic mass is 9.78. The zero-order chi connectivity index (χ0) is 11.0. The van der Waals surface area contributed by atoms with Gasteiger partial charge < -0.3 is 5.32 Å². The van der Waals surface area contributed by atoms with E-state index in [0.717, 1.165) is 28.9 Å². The molecule has 2 aromatic heterocycles. The Balaban J connectivity index is 1.96. The molecule has 0 unspecified atom stereocenters. The van der Waals surface area contributed by atoms with E-state index in [2.05, 4.69) is 15.3 Å². The summed E-state index contributed by atoms with van der Waals surface area (Å²) in [4.78, 5) is 8.55. The van der Waals surface area contributed by atoms with Crippen LogP contribution >= 0.6 is 22.9 Å². The fraction of sp³-hybridized carbons (Fsp3) is 0.455. The molecule has 1 aliphatic carbocycles. The second-order valence-electron chi connectivity index (χ2n) is 4.25. The van der Waals surface area contributed by atoms with Gasteiger partial charge in [0.15, 0.2) is 0 Å². The minimum atomic E-state index is 0.0623. The summed E-state index contributed by atoms with van der Waals surface area (Å²) in [6, 6.07) is 2.01. The highest BCUT2D eigenvalue weighted by molar-refractivity contribution is 7.17. The molecule has 2 heterocycles. The molecule has 1 saturated carbocycles. The maximum Gasteiger partial charge on any atom is 0.147 e. The van der Waals surface area contributed by atoms with Crippen LogP contribution in [0.4, 0.5) is 5.82 Å². The van der Waals surface area contributed by atoms with Gasteiger partial charge in [0, 0.05) is 5.88 Å². The number of halogens is 1. The van der Waals surface area contributed by atoms with Crippen LogP contribution in [0.2, 0.25) is 0 Å². The molecule has 1 fully saturated rings. The van der Waals surface area contributed by atoms with Gasteiger partial charge in [0.1, 0.15) is 12.1 Å². The Morgan fingerprint density at radius 2 is 2.31 bits per heavy atom. The van der Waals surface area contributed by atoms with Gasteiger partial charge in [-0.25, -0.2) is 9.97 Å². The van der Waals surface area contributed by atoms with Gasteiger partial charge in [-0.3, -0.25) is 0 Å². The maximum atomic E-state index is 6.03. The minimum Gasteiger partial charge on any atom is -0.362 e. The molecule has 0 aromatic carbocycles. The van der Waals surface area contributed by atoms with E-state index in [1.54, 1.807) is 17.7 Å². The Hall–Kier alpha value is -0.870. The summed E-state index contributed by atoms with van der Waals surface area (Å²) < 4.78 is 1.12. The lowest BCUT2D eigenvalue weighted by Gasteiger charge is -2.41. The largest absolute Gasteiger partial charge is 0.362 e. The van der Waals surface area contributed by atoms with E-state index in [1.165, 1.54) is 6.42 Å². The Bertz CT molecular complexity index is 501. The number of hydrogen-bond donors (Lipinski definition) is 1. The molecule has 0 saturated heterocycles. The summed E-state index contributed by atoms with van der Waals surface area (Å²) in [5.41, 5.74) is 1.07. The van der Waals surface area contributed by atoms with Gasteiger partial charge >= 0.3 is 0 Å². The number of nitrogens with one attached hydrogen (secondary N) is 1. The van der Waals surface area contributed by atoms with Gasteiger partial charge in [0.2, 0.25) is 0 Å². The van der Waals surface area contributed by atoms with E-state index >= 15 is 0 Å². The first-order valence-electron chi connectivity index (χ1n) is 5.35. The average Bonchev–Trinajstić information content (AvgIpc) is 2.72. The number of fused-ring (bicyclic) bond motifs is 1. The lowest BCUT2D eigenvalue weighted by Crippen LogP contribution is -2.47. The van der Waals surface area contributed by atoms with Gasteiger partial charge in [0.25, 0.3) is 0 Å². The molecular weight excluding hydrogens is 242 g/mol.